The molecule has 98 valence electrons. The first-order chi connectivity index (χ1) is 8.59. The summed E-state index contributed by atoms with van der Waals surface area (Å²) >= 11 is 4.91. The van der Waals surface area contributed by atoms with Gasteiger partial charge in [-0.25, -0.2) is 0 Å². The number of amides is 1. The van der Waals surface area contributed by atoms with Crippen LogP contribution in [-0.4, -0.2) is 21.1 Å². The topological polar surface area (TPSA) is 83.8 Å². The largest absolute Gasteiger partial charge is 0.389 e. The number of hydrogen-bond acceptors (Lipinski definition) is 3. The molecule has 0 aromatic carbocycles. The molecule has 1 aliphatic rings. The van der Waals surface area contributed by atoms with E-state index in [1.807, 2.05) is 0 Å². The predicted octanol–water partition coefficient (Wildman–Crippen LogP) is 1.95. The van der Waals surface area contributed by atoms with Crippen LogP contribution in [0.3, 0.4) is 0 Å². The van der Waals surface area contributed by atoms with Crippen LogP contribution in [0.4, 0.5) is 5.82 Å². The van der Waals surface area contributed by atoms with Crippen LogP contribution < -0.4 is 11.1 Å². The number of thiocarbonyl (C=S) groups is 1. The Hall–Kier alpha value is -1.43. The van der Waals surface area contributed by atoms with Gasteiger partial charge in [-0.1, -0.05) is 32.0 Å². The van der Waals surface area contributed by atoms with Crippen molar-refractivity contribution < 1.29 is 4.79 Å². The third kappa shape index (κ3) is 2.25. The molecule has 5 nitrogen and oxygen atoms in total. The summed E-state index contributed by atoms with van der Waals surface area (Å²) < 4.78 is 0. The first kappa shape index (κ1) is 13.0. The van der Waals surface area contributed by atoms with Crippen LogP contribution in [0.15, 0.2) is 6.20 Å². The van der Waals surface area contributed by atoms with Crippen molar-refractivity contribution in [3.63, 3.8) is 0 Å². The Labute approximate surface area is 112 Å². The third-order valence-corrected chi connectivity index (χ3v) is 4.08. The van der Waals surface area contributed by atoms with Crippen LogP contribution >= 0.6 is 12.2 Å². The van der Waals surface area contributed by atoms with Gasteiger partial charge in [0.25, 0.3) is 0 Å². The second kappa shape index (κ2) is 5.06. The number of carbonyl (C=O) groups excluding carboxylic acids is 1. The molecule has 6 heteroatoms. The lowest BCUT2D eigenvalue weighted by Crippen LogP contribution is -2.33. The summed E-state index contributed by atoms with van der Waals surface area (Å²) in [5.41, 5.74) is 5.92. The van der Waals surface area contributed by atoms with Crippen LogP contribution in [0.5, 0.6) is 0 Å². The summed E-state index contributed by atoms with van der Waals surface area (Å²) in [7, 11) is 0. The molecule has 0 aliphatic heterocycles. The SMILES string of the molecule is CCC1(C(=O)Nc2[nH]ncc2C(N)=S)CCCC1. The molecule has 0 saturated heterocycles. The van der Waals surface area contributed by atoms with Crippen LogP contribution in [0, 0.1) is 5.41 Å². The van der Waals surface area contributed by atoms with Gasteiger partial charge in [0.1, 0.15) is 10.8 Å². The van der Waals surface area contributed by atoms with Gasteiger partial charge in [-0.3, -0.25) is 9.89 Å². The number of rotatable bonds is 4. The van der Waals surface area contributed by atoms with E-state index in [2.05, 4.69) is 22.4 Å². The Kier molecular flexibility index (Phi) is 3.65. The smallest absolute Gasteiger partial charge is 0.231 e. The fraction of sp³-hybridized carbons (Fsp3) is 0.583. The quantitative estimate of drug-likeness (QED) is 0.727. The van der Waals surface area contributed by atoms with E-state index in [4.69, 9.17) is 18.0 Å². The predicted molar refractivity (Wildman–Crippen MR) is 74.3 cm³/mol. The Morgan fingerprint density at radius 3 is 2.83 bits per heavy atom. The summed E-state index contributed by atoms with van der Waals surface area (Å²) in [6, 6.07) is 0. The van der Waals surface area contributed by atoms with Crippen molar-refractivity contribution in [3.8, 4) is 0 Å². The van der Waals surface area contributed by atoms with E-state index >= 15 is 0 Å². The highest BCUT2D eigenvalue weighted by atomic mass is 32.1. The van der Waals surface area contributed by atoms with Gasteiger partial charge in [-0.15, -0.1) is 0 Å². The second-order valence-corrected chi connectivity index (χ2v) is 5.26. The van der Waals surface area contributed by atoms with Gasteiger partial charge in [0.05, 0.1) is 11.8 Å². The van der Waals surface area contributed by atoms with Crippen LogP contribution in [0.1, 0.15) is 44.6 Å². The van der Waals surface area contributed by atoms with Crippen LogP contribution in [-0.2, 0) is 4.79 Å². The van der Waals surface area contributed by atoms with Crippen molar-refractivity contribution in [2.45, 2.75) is 39.0 Å². The Morgan fingerprint density at radius 2 is 2.28 bits per heavy atom. The molecule has 18 heavy (non-hydrogen) atoms. The lowest BCUT2D eigenvalue weighted by molar-refractivity contribution is -0.125. The number of hydrogen-bond donors (Lipinski definition) is 3. The van der Waals surface area contributed by atoms with Gasteiger partial charge >= 0.3 is 0 Å². The fourth-order valence-electron chi connectivity index (χ4n) is 2.61. The molecule has 1 aliphatic carbocycles. The third-order valence-electron chi connectivity index (χ3n) is 3.86. The lowest BCUT2D eigenvalue weighted by atomic mass is 9.82. The minimum absolute atomic E-state index is 0.0456. The Morgan fingerprint density at radius 1 is 1.61 bits per heavy atom. The fourth-order valence-corrected chi connectivity index (χ4v) is 2.76. The lowest BCUT2D eigenvalue weighted by Gasteiger charge is -2.25. The van der Waals surface area contributed by atoms with Crippen LogP contribution in [0.25, 0.3) is 0 Å². The molecule has 0 unspecified atom stereocenters. The second-order valence-electron chi connectivity index (χ2n) is 4.82. The average molecular weight is 266 g/mol. The van der Waals surface area contributed by atoms with Gasteiger partial charge in [0.2, 0.25) is 5.91 Å². The number of nitrogens with zero attached hydrogens (tertiary/aromatic N) is 1. The molecule has 0 spiro atoms. The van der Waals surface area contributed by atoms with E-state index < -0.39 is 0 Å². The van der Waals surface area contributed by atoms with E-state index in [1.54, 1.807) is 0 Å². The Balaban J connectivity index is 2.16. The van der Waals surface area contributed by atoms with Gasteiger partial charge < -0.3 is 11.1 Å². The van der Waals surface area contributed by atoms with Gasteiger partial charge in [0, 0.05) is 5.41 Å². The first-order valence-corrected chi connectivity index (χ1v) is 6.64. The molecule has 1 aromatic rings. The average Bonchev–Trinajstić information content (AvgIpc) is 2.97. The van der Waals surface area contributed by atoms with Crippen molar-refractivity contribution in [2.24, 2.45) is 11.1 Å². The summed E-state index contributed by atoms with van der Waals surface area (Å²) in [6.45, 7) is 2.06. The minimum atomic E-state index is -0.238. The van der Waals surface area contributed by atoms with Crippen molar-refractivity contribution in [1.29, 1.82) is 0 Å². The molecule has 2 rings (SSSR count). The molecule has 1 amide bonds. The number of nitrogens with two attached hydrogens (primary N) is 1. The molecule has 0 radical (unpaired) electrons. The van der Waals surface area contributed by atoms with Gasteiger partial charge in [-0.2, -0.15) is 5.10 Å². The van der Waals surface area contributed by atoms with E-state index in [9.17, 15) is 4.79 Å². The van der Waals surface area contributed by atoms with Crippen molar-refractivity contribution in [1.82, 2.24) is 10.2 Å². The van der Waals surface area contributed by atoms with E-state index in [-0.39, 0.29) is 16.3 Å². The Bertz CT molecular complexity index is 462. The summed E-state index contributed by atoms with van der Waals surface area (Å²) in [6.07, 6.45) is 6.52. The van der Waals surface area contributed by atoms with Gasteiger partial charge in [-0.05, 0) is 19.3 Å². The molecule has 1 aromatic heterocycles. The van der Waals surface area contributed by atoms with Crippen molar-refractivity contribution in [2.75, 3.05) is 5.32 Å². The molecule has 0 bridgehead atoms. The number of nitrogens with one attached hydrogen (secondary N) is 2. The molecule has 1 saturated carbocycles. The van der Waals surface area contributed by atoms with E-state index in [0.717, 1.165) is 32.1 Å². The summed E-state index contributed by atoms with van der Waals surface area (Å²) in [5.74, 6) is 0.552. The number of anilines is 1. The van der Waals surface area contributed by atoms with E-state index in [0.29, 0.717) is 11.4 Å². The molecule has 1 heterocycles. The molecular weight excluding hydrogens is 248 g/mol. The summed E-state index contributed by atoms with van der Waals surface area (Å²) in [4.78, 5) is 12.6. The van der Waals surface area contributed by atoms with Crippen molar-refractivity contribution in [3.05, 3.63) is 11.8 Å². The molecule has 4 N–H and O–H groups in total. The highest BCUT2D eigenvalue weighted by Gasteiger charge is 2.39. The highest BCUT2D eigenvalue weighted by molar-refractivity contribution is 7.80. The maximum atomic E-state index is 12.4. The first-order valence-electron chi connectivity index (χ1n) is 6.24. The zero-order valence-electron chi connectivity index (χ0n) is 10.5. The van der Waals surface area contributed by atoms with E-state index in [1.165, 1.54) is 6.20 Å². The zero-order valence-corrected chi connectivity index (χ0v) is 11.3. The highest BCUT2D eigenvalue weighted by Crippen LogP contribution is 2.41. The standard InChI is InChI=1S/C12H18N4OS/c1-2-12(5-3-4-6-12)11(17)15-10-8(9(13)18)7-14-16-10/h7H,2-6H2,1H3,(H2,13,18)(H2,14,15,16,17). The normalized spacial score (nSPS) is 17.6. The molecular formula is C12H18N4OS. The maximum Gasteiger partial charge on any atom is 0.231 e. The van der Waals surface area contributed by atoms with Gasteiger partial charge in [0.15, 0.2) is 0 Å². The molecule has 0 atom stereocenters. The van der Waals surface area contributed by atoms with Crippen molar-refractivity contribution >= 4 is 28.9 Å². The maximum absolute atomic E-state index is 12.4. The minimum Gasteiger partial charge on any atom is -0.389 e. The number of carbonyl (C=O) groups is 1. The molecule has 1 fully saturated rings. The number of aromatic amines is 1. The summed E-state index contributed by atoms with van der Waals surface area (Å²) in [5, 5.41) is 9.48. The van der Waals surface area contributed by atoms with Crippen LogP contribution in [0.2, 0.25) is 0 Å². The zero-order chi connectivity index (χ0) is 13.2. The number of H-pyrrole nitrogens is 1. The monoisotopic (exact) mass is 266 g/mol. The number of aromatic nitrogens is 2.